The zero-order valence-electron chi connectivity index (χ0n) is 9.05. The molecule has 4 atom stereocenters. The average molecular weight is 204 g/mol. The number of Topliss-reactive ketones (excluding diaryl/α,β-unsaturated/α-hetero) is 1. The summed E-state index contributed by atoms with van der Waals surface area (Å²) in [4.78, 5) is 12.0. The number of hydrogen-bond acceptors (Lipinski definition) is 2. The Morgan fingerprint density at radius 3 is 2.40 bits per heavy atom. The van der Waals surface area contributed by atoms with E-state index in [4.69, 9.17) is 0 Å². The Morgan fingerprint density at radius 1 is 1.33 bits per heavy atom. The zero-order valence-corrected chi connectivity index (χ0v) is 9.05. The van der Waals surface area contributed by atoms with Crippen LogP contribution in [-0.2, 0) is 0 Å². The molecule has 2 rings (SSSR count). The van der Waals surface area contributed by atoms with Crippen LogP contribution < -0.4 is 0 Å². The van der Waals surface area contributed by atoms with Gasteiger partial charge in [0.25, 0.3) is 0 Å². The Hall–Kier alpha value is -1.15. The lowest BCUT2D eigenvalue weighted by atomic mass is 10.0. The normalized spacial score (nSPS) is 31.0. The predicted molar refractivity (Wildman–Crippen MR) is 58.6 cm³/mol. The third kappa shape index (κ3) is 1.82. The first kappa shape index (κ1) is 10.4. The van der Waals surface area contributed by atoms with Gasteiger partial charge in [-0.05, 0) is 18.8 Å². The molecule has 0 aliphatic heterocycles. The standard InChI is InChI=1S/C13H16O2/c1-8-11(9(2)14)12(8)13(15)10-6-4-3-5-7-10/h3-9,11-12,14H,1-2H3/t8-,9+,11-,12+/m0/s1. The maximum atomic E-state index is 12.0. The first-order chi connectivity index (χ1) is 7.13. The topological polar surface area (TPSA) is 37.3 Å². The van der Waals surface area contributed by atoms with Crippen LogP contribution in [0.2, 0.25) is 0 Å². The Bertz CT molecular complexity index is 356. The lowest BCUT2D eigenvalue weighted by molar-refractivity contribution is 0.0932. The number of ketones is 1. The van der Waals surface area contributed by atoms with E-state index in [1.165, 1.54) is 0 Å². The van der Waals surface area contributed by atoms with Gasteiger partial charge in [0.05, 0.1) is 6.10 Å². The second kappa shape index (κ2) is 3.78. The zero-order chi connectivity index (χ0) is 11.0. The summed E-state index contributed by atoms with van der Waals surface area (Å²) in [5.74, 6) is 0.664. The molecule has 1 aromatic carbocycles. The minimum absolute atomic E-state index is 0.0207. The van der Waals surface area contributed by atoms with E-state index in [1.54, 1.807) is 6.92 Å². The summed E-state index contributed by atoms with van der Waals surface area (Å²) in [7, 11) is 0. The molecule has 0 saturated heterocycles. The van der Waals surface area contributed by atoms with E-state index in [-0.39, 0.29) is 23.7 Å². The van der Waals surface area contributed by atoms with Gasteiger partial charge in [-0.15, -0.1) is 0 Å². The van der Waals surface area contributed by atoms with Gasteiger partial charge in [-0.1, -0.05) is 37.3 Å². The molecule has 0 bridgehead atoms. The van der Waals surface area contributed by atoms with E-state index in [0.717, 1.165) is 5.56 Å². The Morgan fingerprint density at radius 2 is 1.93 bits per heavy atom. The molecule has 2 nitrogen and oxygen atoms in total. The third-order valence-electron chi connectivity index (χ3n) is 3.37. The average Bonchev–Trinajstić information content (AvgIpc) is 2.90. The number of aliphatic hydroxyl groups excluding tert-OH is 1. The van der Waals surface area contributed by atoms with Gasteiger partial charge in [0.15, 0.2) is 5.78 Å². The molecule has 0 radical (unpaired) electrons. The number of carbonyl (C=O) groups excluding carboxylic acids is 1. The highest BCUT2D eigenvalue weighted by atomic mass is 16.3. The van der Waals surface area contributed by atoms with E-state index in [2.05, 4.69) is 0 Å². The molecule has 0 unspecified atom stereocenters. The van der Waals surface area contributed by atoms with Crippen LogP contribution in [0.25, 0.3) is 0 Å². The number of benzene rings is 1. The van der Waals surface area contributed by atoms with Gasteiger partial charge in [0.2, 0.25) is 0 Å². The summed E-state index contributed by atoms with van der Waals surface area (Å²) in [6, 6.07) is 9.33. The van der Waals surface area contributed by atoms with E-state index in [9.17, 15) is 9.90 Å². The number of carbonyl (C=O) groups is 1. The second-order valence-electron chi connectivity index (χ2n) is 4.43. The number of aliphatic hydroxyl groups is 1. The molecule has 1 fully saturated rings. The molecule has 15 heavy (non-hydrogen) atoms. The molecule has 1 aliphatic carbocycles. The first-order valence-electron chi connectivity index (χ1n) is 5.40. The molecule has 1 aliphatic rings. The predicted octanol–water partition coefficient (Wildman–Crippen LogP) is 2.13. The Labute approximate surface area is 89.9 Å². The van der Waals surface area contributed by atoms with Gasteiger partial charge in [-0.25, -0.2) is 0 Å². The van der Waals surface area contributed by atoms with Gasteiger partial charge in [0, 0.05) is 11.5 Å². The smallest absolute Gasteiger partial charge is 0.166 e. The molecule has 80 valence electrons. The highest BCUT2D eigenvalue weighted by Crippen LogP contribution is 2.49. The quantitative estimate of drug-likeness (QED) is 0.766. The summed E-state index contributed by atoms with van der Waals surface area (Å²) in [6.07, 6.45) is -0.377. The van der Waals surface area contributed by atoms with E-state index < -0.39 is 0 Å². The largest absolute Gasteiger partial charge is 0.393 e. The number of hydrogen-bond donors (Lipinski definition) is 1. The Balaban J connectivity index is 2.12. The van der Waals surface area contributed by atoms with Crippen molar-refractivity contribution in [2.75, 3.05) is 0 Å². The first-order valence-corrected chi connectivity index (χ1v) is 5.40. The second-order valence-corrected chi connectivity index (χ2v) is 4.43. The lowest BCUT2D eigenvalue weighted by Crippen LogP contribution is -2.10. The van der Waals surface area contributed by atoms with E-state index in [1.807, 2.05) is 37.3 Å². The van der Waals surface area contributed by atoms with Crippen LogP contribution >= 0.6 is 0 Å². The van der Waals surface area contributed by atoms with Crippen LogP contribution in [0.4, 0.5) is 0 Å². The fourth-order valence-corrected chi connectivity index (χ4v) is 2.44. The summed E-state index contributed by atoms with van der Waals surface area (Å²) < 4.78 is 0. The molecule has 0 spiro atoms. The van der Waals surface area contributed by atoms with Gasteiger partial charge < -0.3 is 5.11 Å². The fraction of sp³-hybridized carbons (Fsp3) is 0.462. The van der Waals surface area contributed by atoms with Crippen LogP contribution in [0, 0.1) is 17.8 Å². The molecule has 0 aromatic heterocycles. The van der Waals surface area contributed by atoms with E-state index >= 15 is 0 Å². The van der Waals surface area contributed by atoms with Crippen LogP contribution in [0.5, 0.6) is 0 Å². The van der Waals surface area contributed by atoms with Crippen molar-refractivity contribution in [1.82, 2.24) is 0 Å². The van der Waals surface area contributed by atoms with Crippen LogP contribution in [-0.4, -0.2) is 17.0 Å². The van der Waals surface area contributed by atoms with Crippen molar-refractivity contribution in [2.24, 2.45) is 17.8 Å². The Kier molecular flexibility index (Phi) is 2.61. The summed E-state index contributed by atoms with van der Waals surface area (Å²) >= 11 is 0. The maximum absolute atomic E-state index is 12.0. The molecular weight excluding hydrogens is 188 g/mol. The monoisotopic (exact) mass is 204 g/mol. The molecule has 1 aromatic rings. The van der Waals surface area contributed by atoms with Crippen molar-refractivity contribution >= 4 is 5.78 Å². The summed E-state index contributed by atoms with van der Waals surface area (Å²) in [6.45, 7) is 3.79. The summed E-state index contributed by atoms with van der Waals surface area (Å²) in [5, 5.41) is 9.48. The molecule has 1 saturated carbocycles. The highest BCUT2D eigenvalue weighted by molar-refractivity contribution is 6.00. The van der Waals surface area contributed by atoms with Crippen molar-refractivity contribution in [1.29, 1.82) is 0 Å². The van der Waals surface area contributed by atoms with Crippen molar-refractivity contribution in [3.63, 3.8) is 0 Å². The van der Waals surface area contributed by atoms with Crippen LogP contribution in [0.3, 0.4) is 0 Å². The minimum atomic E-state index is -0.377. The van der Waals surface area contributed by atoms with Crippen molar-refractivity contribution in [3.8, 4) is 0 Å². The third-order valence-corrected chi connectivity index (χ3v) is 3.37. The van der Waals surface area contributed by atoms with Gasteiger partial charge in [0.1, 0.15) is 0 Å². The lowest BCUT2D eigenvalue weighted by Gasteiger charge is -2.02. The SMILES string of the molecule is C[C@@H]1[C@@H](C(=O)c2ccccc2)[C@@H]1[C@@H](C)O. The van der Waals surface area contributed by atoms with Crippen LogP contribution in [0.1, 0.15) is 24.2 Å². The van der Waals surface area contributed by atoms with Crippen molar-refractivity contribution in [2.45, 2.75) is 20.0 Å². The summed E-state index contributed by atoms with van der Waals surface area (Å²) in [5.41, 5.74) is 0.762. The van der Waals surface area contributed by atoms with Crippen molar-refractivity contribution in [3.05, 3.63) is 35.9 Å². The van der Waals surface area contributed by atoms with E-state index in [0.29, 0.717) is 5.92 Å². The fourth-order valence-electron chi connectivity index (χ4n) is 2.44. The van der Waals surface area contributed by atoms with Gasteiger partial charge in [-0.2, -0.15) is 0 Å². The van der Waals surface area contributed by atoms with Gasteiger partial charge >= 0.3 is 0 Å². The van der Waals surface area contributed by atoms with Gasteiger partial charge in [-0.3, -0.25) is 4.79 Å². The maximum Gasteiger partial charge on any atom is 0.166 e. The molecule has 0 heterocycles. The molecule has 1 N–H and O–H groups in total. The molecule has 2 heteroatoms. The minimum Gasteiger partial charge on any atom is -0.393 e. The molecule has 0 amide bonds. The van der Waals surface area contributed by atoms with Crippen molar-refractivity contribution < 1.29 is 9.90 Å². The highest BCUT2D eigenvalue weighted by Gasteiger charge is 2.53. The van der Waals surface area contributed by atoms with Crippen LogP contribution in [0.15, 0.2) is 30.3 Å². The number of rotatable bonds is 3. The molecular formula is C13H16O2.